The second-order valence-electron chi connectivity index (χ2n) is 12.8. The average molecular weight is 654 g/mol. The number of pyridine rings is 1. The molecule has 0 saturated carbocycles. The zero-order valence-electron chi connectivity index (χ0n) is 27.4. The van der Waals surface area contributed by atoms with Crippen LogP contribution in [0.25, 0.3) is 71.3 Å². The molecule has 1 atom stereocenters. The van der Waals surface area contributed by atoms with Crippen molar-refractivity contribution in [1.29, 1.82) is 0 Å². The summed E-state index contributed by atoms with van der Waals surface area (Å²) in [6.07, 6.45) is -0.368. The number of hydrogen-bond donors (Lipinski definition) is 0. The van der Waals surface area contributed by atoms with Crippen molar-refractivity contribution >= 4 is 55.3 Å². The molecule has 7 aromatic carbocycles. The molecular weight excluding hydrogens is 625 g/mol. The van der Waals surface area contributed by atoms with E-state index in [1.807, 2.05) is 60.7 Å². The van der Waals surface area contributed by atoms with Crippen molar-refractivity contribution in [3.8, 4) is 22.4 Å². The molecule has 9 aromatic rings. The first-order valence-electron chi connectivity index (χ1n) is 17.1. The third-order valence-electron chi connectivity index (χ3n) is 9.64. The highest BCUT2D eigenvalue weighted by atomic mass is 16.3. The SMILES string of the molecule is c1ccc(C2=NC(c3ccccc3)[N-]C(c3ccc(-c4cccc(-c5nc6ccc7ccccc7c6c6c5oc5ccccc56)c4)cc3)=N2)cc1. The normalized spacial score (nSPS) is 14.5. The fourth-order valence-corrected chi connectivity index (χ4v) is 7.16. The quantitative estimate of drug-likeness (QED) is 0.174. The molecular formula is C46H29N4O-. The summed E-state index contributed by atoms with van der Waals surface area (Å²) in [7, 11) is 0. The van der Waals surface area contributed by atoms with Gasteiger partial charge in [0.05, 0.1) is 17.5 Å². The van der Waals surface area contributed by atoms with E-state index in [-0.39, 0.29) is 6.17 Å². The predicted molar refractivity (Wildman–Crippen MR) is 209 cm³/mol. The zero-order valence-corrected chi connectivity index (χ0v) is 27.4. The molecule has 10 rings (SSSR count). The molecule has 5 heteroatoms. The highest BCUT2D eigenvalue weighted by molar-refractivity contribution is 6.27. The average Bonchev–Trinajstić information content (AvgIpc) is 3.61. The van der Waals surface area contributed by atoms with Crippen molar-refractivity contribution in [2.75, 3.05) is 0 Å². The van der Waals surface area contributed by atoms with Gasteiger partial charge in [-0.1, -0.05) is 157 Å². The molecule has 0 aliphatic carbocycles. The van der Waals surface area contributed by atoms with Gasteiger partial charge in [-0.15, -0.1) is 0 Å². The lowest BCUT2D eigenvalue weighted by Crippen LogP contribution is -2.15. The van der Waals surface area contributed by atoms with Gasteiger partial charge in [0.2, 0.25) is 0 Å². The Morgan fingerprint density at radius 2 is 1.20 bits per heavy atom. The lowest BCUT2D eigenvalue weighted by Gasteiger charge is -2.32. The van der Waals surface area contributed by atoms with E-state index in [0.29, 0.717) is 11.7 Å². The first kappa shape index (κ1) is 29.1. The van der Waals surface area contributed by atoms with Gasteiger partial charge in [-0.25, -0.2) is 4.98 Å². The topological polar surface area (TPSA) is 64.8 Å². The number of benzene rings is 7. The van der Waals surface area contributed by atoms with Crippen LogP contribution in [-0.2, 0) is 0 Å². The number of aromatic nitrogens is 1. The number of furan rings is 1. The van der Waals surface area contributed by atoms with Crippen LogP contribution in [0.15, 0.2) is 184 Å². The third-order valence-corrected chi connectivity index (χ3v) is 9.64. The molecule has 0 spiro atoms. The summed E-state index contributed by atoms with van der Waals surface area (Å²) in [5.74, 6) is 1.34. The summed E-state index contributed by atoms with van der Waals surface area (Å²) >= 11 is 0. The van der Waals surface area contributed by atoms with E-state index in [4.69, 9.17) is 24.7 Å². The minimum Gasteiger partial charge on any atom is -0.454 e. The number of fused-ring (bicyclic) bond motifs is 7. The molecule has 1 aliphatic rings. The number of aliphatic imine (C=N–C) groups is 2. The Kier molecular flexibility index (Phi) is 6.81. The van der Waals surface area contributed by atoms with Crippen molar-refractivity contribution in [3.63, 3.8) is 0 Å². The molecule has 0 saturated heterocycles. The Labute approximate surface area is 294 Å². The molecule has 1 unspecified atom stereocenters. The Morgan fingerprint density at radius 3 is 2.04 bits per heavy atom. The van der Waals surface area contributed by atoms with Crippen LogP contribution in [0.3, 0.4) is 0 Å². The minimum absolute atomic E-state index is 0.368. The molecule has 51 heavy (non-hydrogen) atoms. The van der Waals surface area contributed by atoms with Crippen molar-refractivity contribution < 1.29 is 4.42 Å². The lowest BCUT2D eigenvalue weighted by atomic mass is 9.96. The third kappa shape index (κ3) is 5.06. The molecule has 0 fully saturated rings. The fourth-order valence-electron chi connectivity index (χ4n) is 7.16. The Balaban J connectivity index is 1.05. The molecule has 0 amide bonds. The maximum absolute atomic E-state index is 6.61. The van der Waals surface area contributed by atoms with Gasteiger partial charge >= 0.3 is 0 Å². The van der Waals surface area contributed by atoms with Gasteiger partial charge in [0, 0.05) is 21.7 Å². The van der Waals surface area contributed by atoms with E-state index >= 15 is 0 Å². The van der Waals surface area contributed by atoms with Crippen molar-refractivity contribution in [3.05, 3.63) is 192 Å². The zero-order chi connectivity index (χ0) is 33.7. The van der Waals surface area contributed by atoms with Gasteiger partial charge in [-0.05, 0) is 56.8 Å². The van der Waals surface area contributed by atoms with E-state index in [0.717, 1.165) is 71.9 Å². The largest absolute Gasteiger partial charge is 0.454 e. The van der Waals surface area contributed by atoms with Crippen LogP contribution in [-0.4, -0.2) is 16.7 Å². The lowest BCUT2D eigenvalue weighted by molar-refractivity contribution is 0.669. The maximum Gasteiger partial charge on any atom is 0.162 e. The second-order valence-corrected chi connectivity index (χ2v) is 12.8. The number of hydrogen-bond acceptors (Lipinski definition) is 4. The summed E-state index contributed by atoms with van der Waals surface area (Å²) in [5.41, 5.74) is 9.53. The maximum atomic E-state index is 6.61. The predicted octanol–water partition coefficient (Wildman–Crippen LogP) is 11.9. The summed E-state index contributed by atoms with van der Waals surface area (Å²) in [6, 6.07) is 58.3. The smallest absolute Gasteiger partial charge is 0.162 e. The van der Waals surface area contributed by atoms with Gasteiger partial charge in [0.25, 0.3) is 0 Å². The number of rotatable bonds is 5. The van der Waals surface area contributed by atoms with Crippen LogP contribution in [0.4, 0.5) is 0 Å². The fraction of sp³-hybridized carbons (Fsp3) is 0.0217. The molecule has 2 aromatic heterocycles. The van der Waals surface area contributed by atoms with Crippen molar-refractivity contribution in [1.82, 2.24) is 4.98 Å². The number of nitrogens with zero attached hydrogens (tertiary/aromatic N) is 4. The number of para-hydroxylation sites is 1. The van der Waals surface area contributed by atoms with Crippen LogP contribution >= 0.6 is 0 Å². The molecule has 0 bridgehead atoms. The Morgan fingerprint density at radius 1 is 0.510 bits per heavy atom. The Hall–Kier alpha value is -6.85. The first-order valence-corrected chi connectivity index (χ1v) is 17.1. The van der Waals surface area contributed by atoms with Crippen LogP contribution in [0.1, 0.15) is 22.9 Å². The highest BCUT2D eigenvalue weighted by Crippen LogP contribution is 2.42. The molecule has 3 heterocycles. The van der Waals surface area contributed by atoms with Crippen LogP contribution in [0, 0.1) is 0 Å². The molecule has 5 nitrogen and oxygen atoms in total. The monoisotopic (exact) mass is 653 g/mol. The first-order chi connectivity index (χ1) is 25.3. The van der Waals surface area contributed by atoms with Crippen LogP contribution in [0.2, 0.25) is 0 Å². The van der Waals surface area contributed by atoms with Crippen molar-refractivity contribution in [2.45, 2.75) is 6.17 Å². The van der Waals surface area contributed by atoms with Crippen LogP contribution in [0.5, 0.6) is 0 Å². The molecule has 0 radical (unpaired) electrons. The van der Waals surface area contributed by atoms with E-state index in [1.54, 1.807) is 0 Å². The van der Waals surface area contributed by atoms with E-state index < -0.39 is 0 Å². The van der Waals surface area contributed by atoms with Gasteiger partial charge in [0.15, 0.2) is 5.58 Å². The summed E-state index contributed by atoms with van der Waals surface area (Å²) in [6.45, 7) is 0. The molecule has 1 aliphatic heterocycles. The second kappa shape index (κ2) is 11.9. The summed E-state index contributed by atoms with van der Waals surface area (Å²) in [5, 5.41) is 10.7. The van der Waals surface area contributed by atoms with E-state index in [9.17, 15) is 0 Å². The summed E-state index contributed by atoms with van der Waals surface area (Å²) in [4.78, 5) is 15.1. The minimum atomic E-state index is -0.368. The highest BCUT2D eigenvalue weighted by Gasteiger charge is 2.20. The van der Waals surface area contributed by atoms with Gasteiger partial charge < -0.3 is 14.7 Å². The molecule has 0 N–H and O–H groups in total. The van der Waals surface area contributed by atoms with Crippen LogP contribution < -0.4 is 0 Å². The molecule has 240 valence electrons. The van der Waals surface area contributed by atoms with E-state index in [1.165, 1.54) is 10.8 Å². The van der Waals surface area contributed by atoms with Gasteiger partial charge in [-0.3, -0.25) is 4.99 Å². The van der Waals surface area contributed by atoms with Crippen molar-refractivity contribution in [2.24, 2.45) is 9.98 Å². The van der Waals surface area contributed by atoms with E-state index in [2.05, 4.69) is 109 Å². The van der Waals surface area contributed by atoms with Gasteiger partial charge in [-0.2, -0.15) is 0 Å². The number of amidine groups is 2. The summed E-state index contributed by atoms with van der Waals surface area (Å²) < 4.78 is 6.61. The van der Waals surface area contributed by atoms with Gasteiger partial charge in [0.1, 0.15) is 11.3 Å². The standard InChI is InChI=1S/C46H29N4O/c1-3-13-31(14-4-1)44-48-45(32-15-5-2-6-16-32)50-46(49-44)33-24-22-29(23-25-33)34-17-11-18-35(28-34)42-43-41(37-20-9-10-21-39(37)51-43)40-36-19-8-7-12-30(36)26-27-38(40)47-42/h1-28,44H/q-1. The Bertz CT molecular complexity index is 2820.